The minimum absolute atomic E-state index is 0.306. The highest BCUT2D eigenvalue weighted by atomic mass is 35.5. The number of hydrogen-bond donors (Lipinski definition) is 1. The second kappa shape index (κ2) is 5.72. The second-order valence-electron chi connectivity index (χ2n) is 5.30. The lowest BCUT2D eigenvalue weighted by Crippen LogP contribution is -2.27. The Hall–Kier alpha value is -1.09. The van der Waals surface area contributed by atoms with Crippen LogP contribution in [0.1, 0.15) is 31.1 Å². The van der Waals surface area contributed by atoms with Crippen LogP contribution in [0.4, 0.5) is 4.39 Å². The number of aliphatic hydroxyl groups excluding tert-OH is 1. The average molecular weight is 313 g/mol. The van der Waals surface area contributed by atoms with E-state index in [0.717, 1.165) is 5.56 Å². The van der Waals surface area contributed by atoms with Gasteiger partial charge in [0.25, 0.3) is 0 Å². The van der Waals surface area contributed by atoms with Crippen molar-refractivity contribution in [3.63, 3.8) is 0 Å². The highest BCUT2D eigenvalue weighted by Crippen LogP contribution is 2.40. The zero-order valence-corrected chi connectivity index (χ0v) is 12.7. The second-order valence-corrected chi connectivity index (χ2v) is 6.14. The molecule has 0 aliphatic carbocycles. The van der Waals surface area contributed by atoms with E-state index in [1.54, 1.807) is 30.3 Å². The highest BCUT2D eigenvalue weighted by Gasteiger charge is 2.32. The summed E-state index contributed by atoms with van der Waals surface area (Å²) in [5.74, 6) is -0.306. The van der Waals surface area contributed by atoms with Crippen LogP contribution in [0.15, 0.2) is 42.5 Å². The minimum Gasteiger partial charge on any atom is -0.387 e. The van der Waals surface area contributed by atoms with Crippen molar-refractivity contribution in [2.45, 2.75) is 25.4 Å². The average Bonchev–Trinajstić information content (AvgIpc) is 2.41. The maximum atomic E-state index is 13.0. The summed E-state index contributed by atoms with van der Waals surface area (Å²) in [6.07, 6.45) is -0.848. The van der Waals surface area contributed by atoms with Crippen LogP contribution in [0.25, 0.3) is 0 Å². The smallest absolute Gasteiger partial charge is 0.123 e. The van der Waals surface area contributed by atoms with Crippen LogP contribution in [-0.2, 0) is 5.41 Å². The molecular weight excluding hydrogens is 298 g/mol. The van der Waals surface area contributed by atoms with Crippen LogP contribution in [0.5, 0.6) is 0 Å². The maximum Gasteiger partial charge on any atom is 0.123 e. The van der Waals surface area contributed by atoms with Crippen LogP contribution in [-0.4, -0.2) is 5.11 Å². The first-order valence-corrected chi connectivity index (χ1v) is 6.97. The molecule has 4 heteroatoms. The van der Waals surface area contributed by atoms with E-state index < -0.39 is 11.5 Å². The van der Waals surface area contributed by atoms with E-state index in [1.165, 1.54) is 12.1 Å². The first-order valence-electron chi connectivity index (χ1n) is 6.21. The first-order chi connectivity index (χ1) is 9.32. The summed E-state index contributed by atoms with van der Waals surface area (Å²) < 4.78 is 13.0. The van der Waals surface area contributed by atoms with Gasteiger partial charge in [-0.2, -0.15) is 0 Å². The van der Waals surface area contributed by atoms with Crippen molar-refractivity contribution in [2.75, 3.05) is 0 Å². The van der Waals surface area contributed by atoms with E-state index >= 15 is 0 Å². The van der Waals surface area contributed by atoms with Gasteiger partial charge in [-0.25, -0.2) is 4.39 Å². The third kappa shape index (κ3) is 2.98. The largest absolute Gasteiger partial charge is 0.387 e. The van der Waals surface area contributed by atoms with Crippen molar-refractivity contribution in [3.05, 3.63) is 69.5 Å². The molecule has 0 spiro atoms. The van der Waals surface area contributed by atoms with Gasteiger partial charge in [0.2, 0.25) is 0 Å². The third-order valence-electron chi connectivity index (χ3n) is 3.52. The molecule has 0 amide bonds. The normalized spacial score (nSPS) is 13.3. The molecule has 1 nitrogen and oxygen atoms in total. The molecule has 1 unspecified atom stereocenters. The zero-order valence-electron chi connectivity index (χ0n) is 11.2. The van der Waals surface area contributed by atoms with E-state index in [1.807, 2.05) is 13.8 Å². The van der Waals surface area contributed by atoms with Crippen LogP contribution in [0.3, 0.4) is 0 Å². The molecule has 0 bridgehead atoms. The summed E-state index contributed by atoms with van der Waals surface area (Å²) in [4.78, 5) is 0. The van der Waals surface area contributed by atoms with Crippen LogP contribution in [0, 0.1) is 5.82 Å². The van der Waals surface area contributed by atoms with Crippen molar-refractivity contribution in [1.29, 1.82) is 0 Å². The summed E-state index contributed by atoms with van der Waals surface area (Å²) >= 11 is 12.1. The minimum atomic E-state index is -0.848. The van der Waals surface area contributed by atoms with Crippen molar-refractivity contribution < 1.29 is 9.50 Å². The molecular formula is C16H15Cl2FO. The summed E-state index contributed by atoms with van der Waals surface area (Å²) in [5, 5.41) is 11.6. The Morgan fingerprint density at radius 2 is 1.65 bits per heavy atom. The molecule has 0 fully saturated rings. The Labute approximate surface area is 128 Å². The monoisotopic (exact) mass is 312 g/mol. The summed E-state index contributed by atoms with van der Waals surface area (Å²) in [5.41, 5.74) is 0.762. The van der Waals surface area contributed by atoms with E-state index in [2.05, 4.69) is 0 Å². The first kappa shape index (κ1) is 15.3. The summed E-state index contributed by atoms with van der Waals surface area (Å²) in [6.45, 7) is 3.75. The maximum absolute atomic E-state index is 13.0. The van der Waals surface area contributed by atoms with E-state index in [-0.39, 0.29) is 5.82 Å². The lowest BCUT2D eigenvalue weighted by molar-refractivity contribution is 0.100. The van der Waals surface area contributed by atoms with Crippen molar-refractivity contribution >= 4 is 23.2 Å². The molecule has 0 aliphatic heterocycles. The fraction of sp³-hybridized carbons (Fsp3) is 0.250. The fourth-order valence-corrected chi connectivity index (χ4v) is 2.55. The molecule has 0 saturated carbocycles. The predicted molar refractivity (Wildman–Crippen MR) is 80.8 cm³/mol. The van der Waals surface area contributed by atoms with Crippen molar-refractivity contribution in [2.24, 2.45) is 0 Å². The van der Waals surface area contributed by atoms with Gasteiger partial charge in [-0.3, -0.25) is 0 Å². The summed E-state index contributed by atoms with van der Waals surface area (Å²) in [7, 11) is 0. The zero-order chi connectivity index (χ0) is 14.9. The predicted octanol–water partition coefficient (Wildman–Crippen LogP) is 5.14. The van der Waals surface area contributed by atoms with Gasteiger partial charge >= 0.3 is 0 Å². The summed E-state index contributed by atoms with van der Waals surface area (Å²) in [6, 6.07) is 11.1. The standard InChI is InChI=1S/C16H15Cl2FO/c1-16(2,10-3-6-12(19)7-4-10)15(20)13-9-11(17)5-8-14(13)18/h3-9,15,20H,1-2H3. The Kier molecular flexibility index (Phi) is 4.38. The molecule has 20 heavy (non-hydrogen) atoms. The van der Waals surface area contributed by atoms with Gasteiger partial charge in [-0.1, -0.05) is 49.2 Å². The van der Waals surface area contributed by atoms with Crippen molar-refractivity contribution in [3.8, 4) is 0 Å². The van der Waals surface area contributed by atoms with Gasteiger partial charge in [0.05, 0.1) is 6.10 Å². The highest BCUT2D eigenvalue weighted by molar-refractivity contribution is 6.33. The van der Waals surface area contributed by atoms with Gasteiger partial charge in [-0.15, -0.1) is 0 Å². The van der Waals surface area contributed by atoms with E-state index in [4.69, 9.17) is 23.2 Å². The van der Waals surface area contributed by atoms with E-state index in [9.17, 15) is 9.50 Å². The van der Waals surface area contributed by atoms with Gasteiger partial charge in [0, 0.05) is 21.0 Å². The quantitative estimate of drug-likeness (QED) is 0.831. The van der Waals surface area contributed by atoms with Crippen LogP contribution in [0.2, 0.25) is 10.0 Å². The Morgan fingerprint density at radius 1 is 1.05 bits per heavy atom. The van der Waals surface area contributed by atoms with E-state index in [0.29, 0.717) is 15.6 Å². The molecule has 106 valence electrons. The molecule has 2 aromatic carbocycles. The van der Waals surface area contributed by atoms with Gasteiger partial charge in [0.15, 0.2) is 0 Å². The molecule has 0 aliphatic rings. The molecule has 2 aromatic rings. The molecule has 1 atom stereocenters. The number of halogens is 3. The Balaban J connectivity index is 2.42. The molecule has 2 rings (SSSR count). The fourth-order valence-electron chi connectivity index (χ4n) is 2.15. The van der Waals surface area contributed by atoms with Gasteiger partial charge in [-0.05, 0) is 35.9 Å². The Morgan fingerprint density at radius 3 is 2.25 bits per heavy atom. The third-order valence-corrected chi connectivity index (χ3v) is 4.10. The molecule has 0 radical (unpaired) electrons. The topological polar surface area (TPSA) is 20.2 Å². The van der Waals surface area contributed by atoms with Crippen molar-refractivity contribution in [1.82, 2.24) is 0 Å². The number of aliphatic hydroxyl groups is 1. The number of rotatable bonds is 3. The van der Waals surface area contributed by atoms with Gasteiger partial charge < -0.3 is 5.11 Å². The molecule has 1 N–H and O–H groups in total. The number of hydrogen-bond acceptors (Lipinski definition) is 1. The number of benzene rings is 2. The molecule has 0 heterocycles. The van der Waals surface area contributed by atoms with Gasteiger partial charge in [0.1, 0.15) is 5.82 Å². The SMILES string of the molecule is CC(C)(c1ccc(F)cc1)C(O)c1cc(Cl)ccc1Cl. The van der Waals surface area contributed by atoms with Crippen LogP contribution < -0.4 is 0 Å². The lowest BCUT2D eigenvalue weighted by Gasteiger charge is -2.32. The molecule has 0 aromatic heterocycles. The molecule has 0 saturated heterocycles. The Bertz CT molecular complexity index is 608. The lowest BCUT2D eigenvalue weighted by atomic mass is 9.76. The van der Waals surface area contributed by atoms with Crippen LogP contribution >= 0.6 is 23.2 Å².